The van der Waals surface area contributed by atoms with Gasteiger partial charge >= 0.3 is 0 Å². The number of pyridine rings is 1. The molecule has 1 aromatic carbocycles. The molecule has 0 unspecified atom stereocenters. The SMILES string of the molecule is Cc1cc(Oc2cccc(CNC(C)C)n2)ccc1F. The third kappa shape index (κ3) is 4.03. The van der Waals surface area contributed by atoms with E-state index in [-0.39, 0.29) is 5.82 Å². The largest absolute Gasteiger partial charge is 0.439 e. The fourth-order valence-corrected chi connectivity index (χ4v) is 1.72. The highest BCUT2D eigenvalue weighted by molar-refractivity contribution is 5.32. The number of nitrogens with one attached hydrogen (secondary N) is 1. The minimum absolute atomic E-state index is 0.236. The van der Waals surface area contributed by atoms with Gasteiger partial charge in [-0.3, -0.25) is 0 Å². The molecule has 1 heterocycles. The lowest BCUT2D eigenvalue weighted by atomic mass is 10.2. The standard InChI is InChI=1S/C16H19FN2O/c1-11(2)18-10-13-5-4-6-16(19-13)20-14-7-8-15(17)12(3)9-14/h4-9,11,18H,10H2,1-3H3. The van der Waals surface area contributed by atoms with E-state index in [9.17, 15) is 4.39 Å². The Bertz CT molecular complexity index is 584. The van der Waals surface area contributed by atoms with Gasteiger partial charge in [0.2, 0.25) is 5.88 Å². The van der Waals surface area contributed by atoms with Gasteiger partial charge in [0.15, 0.2) is 0 Å². The molecular weight excluding hydrogens is 255 g/mol. The van der Waals surface area contributed by atoms with Gasteiger partial charge in [-0.05, 0) is 36.8 Å². The Hall–Kier alpha value is -1.94. The Labute approximate surface area is 118 Å². The Balaban J connectivity index is 2.08. The van der Waals surface area contributed by atoms with Gasteiger partial charge in [0.05, 0.1) is 5.69 Å². The first kappa shape index (κ1) is 14.5. The number of aryl methyl sites for hydroxylation is 1. The van der Waals surface area contributed by atoms with Crippen molar-refractivity contribution in [2.45, 2.75) is 33.4 Å². The highest BCUT2D eigenvalue weighted by Gasteiger charge is 2.04. The van der Waals surface area contributed by atoms with E-state index in [1.165, 1.54) is 6.07 Å². The maximum atomic E-state index is 13.2. The molecule has 0 aliphatic heterocycles. The smallest absolute Gasteiger partial charge is 0.219 e. The molecule has 0 spiro atoms. The Morgan fingerprint density at radius 2 is 2.05 bits per heavy atom. The second-order valence-corrected chi connectivity index (χ2v) is 5.02. The molecule has 1 N–H and O–H groups in total. The van der Waals surface area contributed by atoms with Gasteiger partial charge in [0.1, 0.15) is 11.6 Å². The number of hydrogen-bond acceptors (Lipinski definition) is 3. The van der Waals surface area contributed by atoms with Gasteiger partial charge in [-0.2, -0.15) is 0 Å². The van der Waals surface area contributed by atoms with Gasteiger partial charge in [-0.15, -0.1) is 0 Å². The summed E-state index contributed by atoms with van der Waals surface area (Å²) in [6, 6.07) is 10.7. The molecule has 2 rings (SSSR count). The van der Waals surface area contributed by atoms with Crippen molar-refractivity contribution in [1.82, 2.24) is 10.3 Å². The molecule has 1 aromatic heterocycles. The van der Waals surface area contributed by atoms with Crippen molar-refractivity contribution in [1.29, 1.82) is 0 Å². The normalized spacial score (nSPS) is 10.8. The molecule has 2 aromatic rings. The summed E-state index contributed by atoms with van der Waals surface area (Å²) in [5, 5.41) is 3.30. The van der Waals surface area contributed by atoms with E-state index < -0.39 is 0 Å². The number of aromatic nitrogens is 1. The third-order valence-electron chi connectivity index (χ3n) is 2.82. The van der Waals surface area contributed by atoms with Crippen LogP contribution in [-0.4, -0.2) is 11.0 Å². The van der Waals surface area contributed by atoms with E-state index >= 15 is 0 Å². The van der Waals surface area contributed by atoms with Crippen molar-refractivity contribution in [2.24, 2.45) is 0 Å². The van der Waals surface area contributed by atoms with Crippen LogP contribution in [0.5, 0.6) is 11.6 Å². The molecule has 0 amide bonds. The fraction of sp³-hybridized carbons (Fsp3) is 0.312. The monoisotopic (exact) mass is 274 g/mol. The number of benzene rings is 1. The average Bonchev–Trinajstić information content (AvgIpc) is 2.41. The van der Waals surface area contributed by atoms with Gasteiger partial charge in [-0.1, -0.05) is 19.9 Å². The molecule has 0 radical (unpaired) electrons. The van der Waals surface area contributed by atoms with E-state index in [1.54, 1.807) is 25.1 Å². The molecule has 4 heteroatoms. The van der Waals surface area contributed by atoms with E-state index in [1.807, 2.05) is 12.1 Å². The van der Waals surface area contributed by atoms with Gasteiger partial charge in [-0.25, -0.2) is 9.37 Å². The van der Waals surface area contributed by atoms with Crippen molar-refractivity contribution in [3.8, 4) is 11.6 Å². The summed E-state index contributed by atoms with van der Waals surface area (Å²) in [5.74, 6) is 0.865. The van der Waals surface area contributed by atoms with Crippen LogP contribution in [0.4, 0.5) is 4.39 Å². The first-order valence-corrected chi connectivity index (χ1v) is 6.68. The van der Waals surface area contributed by atoms with Gasteiger partial charge in [0.25, 0.3) is 0 Å². The third-order valence-corrected chi connectivity index (χ3v) is 2.82. The Morgan fingerprint density at radius 1 is 1.25 bits per heavy atom. The van der Waals surface area contributed by atoms with Crippen LogP contribution in [0.15, 0.2) is 36.4 Å². The summed E-state index contributed by atoms with van der Waals surface area (Å²) in [4.78, 5) is 4.41. The molecule has 0 bridgehead atoms. The van der Waals surface area contributed by atoms with Crippen LogP contribution in [0.1, 0.15) is 25.1 Å². The summed E-state index contributed by atoms with van der Waals surface area (Å²) >= 11 is 0. The van der Waals surface area contributed by atoms with E-state index in [2.05, 4.69) is 24.1 Å². The maximum absolute atomic E-state index is 13.2. The first-order valence-electron chi connectivity index (χ1n) is 6.68. The number of hydrogen-bond donors (Lipinski definition) is 1. The lowest BCUT2D eigenvalue weighted by Crippen LogP contribution is -2.22. The average molecular weight is 274 g/mol. The van der Waals surface area contributed by atoms with Crippen LogP contribution in [0.25, 0.3) is 0 Å². The molecule has 106 valence electrons. The lowest BCUT2D eigenvalue weighted by molar-refractivity contribution is 0.456. The van der Waals surface area contributed by atoms with Crippen molar-refractivity contribution < 1.29 is 9.13 Å². The van der Waals surface area contributed by atoms with E-state index in [0.717, 1.165) is 5.69 Å². The summed E-state index contributed by atoms with van der Waals surface area (Å²) in [5.41, 5.74) is 1.47. The second kappa shape index (κ2) is 6.48. The molecule has 20 heavy (non-hydrogen) atoms. The Kier molecular flexibility index (Phi) is 4.69. The van der Waals surface area contributed by atoms with Crippen LogP contribution in [0, 0.1) is 12.7 Å². The highest BCUT2D eigenvalue weighted by Crippen LogP contribution is 2.22. The van der Waals surface area contributed by atoms with Crippen LogP contribution < -0.4 is 10.1 Å². The van der Waals surface area contributed by atoms with E-state index in [0.29, 0.717) is 29.8 Å². The molecule has 0 saturated heterocycles. The molecule has 0 saturated carbocycles. The van der Waals surface area contributed by atoms with Crippen molar-refractivity contribution in [3.63, 3.8) is 0 Å². The topological polar surface area (TPSA) is 34.1 Å². The second-order valence-electron chi connectivity index (χ2n) is 5.02. The molecule has 0 fully saturated rings. The molecule has 3 nitrogen and oxygen atoms in total. The number of ether oxygens (including phenoxy) is 1. The number of rotatable bonds is 5. The van der Waals surface area contributed by atoms with Gasteiger partial charge < -0.3 is 10.1 Å². The van der Waals surface area contributed by atoms with Gasteiger partial charge in [0, 0.05) is 18.7 Å². The van der Waals surface area contributed by atoms with Crippen LogP contribution in [0.2, 0.25) is 0 Å². The van der Waals surface area contributed by atoms with E-state index in [4.69, 9.17) is 4.74 Å². The van der Waals surface area contributed by atoms with Crippen molar-refractivity contribution >= 4 is 0 Å². The Morgan fingerprint density at radius 3 is 2.75 bits per heavy atom. The minimum atomic E-state index is -0.236. The number of nitrogens with zero attached hydrogens (tertiary/aromatic N) is 1. The van der Waals surface area contributed by atoms with Crippen LogP contribution in [-0.2, 0) is 6.54 Å². The van der Waals surface area contributed by atoms with Crippen molar-refractivity contribution in [2.75, 3.05) is 0 Å². The summed E-state index contributed by atoms with van der Waals surface area (Å²) < 4.78 is 18.9. The summed E-state index contributed by atoms with van der Waals surface area (Å²) in [6.45, 7) is 6.57. The molecule has 0 atom stereocenters. The summed E-state index contributed by atoms with van der Waals surface area (Å²) in [7, 11) is 0. The quantitative estimate of drug-likeness (QED) is 0.900. The lowest BCUT2D eigenvalue weighted by Gasteiger charge is -2.10. The van der Waals surface area contributed by atoms with Crippen LogP contribution in [0.3, 0.4) is 0 Å². The predicted octanol–water partition coefficient (Wildman–Crippen LogP) is 3.82. The van der Waals surface area contributed by atoms with Crippen molar-refractivity contribution in [3.05, 3.63) is 53.5 Å². The predicted molar refractivity (Wildman–Crippen MR) is 77.4 cm³/mol. The zero-order chi connectivity index (χ0) is 14.5. The fourth-order valence-electron chi connectivity index (χ4n) is 1.72. The minimum Gasteiger partial charge on any atom is -0.439 e. The van der Waals surface area contributed by atoms with Crippen LogP contribution >= 0.6 is 0 Å². The zero-order valence-electron chi connectivity index (χ0n) is 12.0. The number of halogens is 1. The summed E-state index contributed by atoms with van der Waals surface area (Å²) in [6.07, 6.45) is 0. The highest BCUT2D eigenvalue weighted by atomic mass is 19.1. The first-order chi connectivity index (χ1) is 9.54. The molecule has 0 aliphatic carbocycles. The zero-order valence-corrected chi connectivity index (χ0v) is 12.0. The molecule has 0 aliphatic rings. The molecular formula is C16H19FN2O. The maximum Gasteiger partial charge on any atom is 0.219 e.